The highest BCUT2D eigenvalue weighted by atomic mass is 19.1. The number of fused-ring (bicyclic) bond motifs is 1. The molecule has 0 saturated heterocycles. The van der Waals surface area contributed by atoms with Crippen LogP contribution in [0.3, 0.4) is 0 Å². The summed E-state index contributed by atoms with van der Waals surface area (Å²) in [4.78, 5) is 16.8. The number of nitro groups is 1. The van der Waals surface area contributed by atoms with Gasteiger partial charge in [0.1, 0.15) is 22.5 Å². The molecule has 0 bridgehead atoms. The van der Waals surface area contributed by atoms with E-state index in [4.69, 9.17) is 4.84 Å². The number of aromatic nitrogens is 6. The summed E-state index contributed by atoms with van der Waals surface area (Å²) in [5.74, 6) is -0.422. The highest BCUT2D eigenvalue weighted by Crippen LogP contribution is 2.15. The molecule has 0 unspecified atom stereocenters. The SMILES string of the molecule is O=[N+]([O-])c1ccc(-n2cc(COn3nnc4ccc(F)cc43)nn2)cc1. The van der Waals surface area contributed by atoms with Gasteiger partial charge in [-0.1, -0.05) is 10.1 Å². The first-order chi connectivity index (χ1) is 12.6. The molecule has 0 fully saturated rings. The molecular formula is C15H10FN7O3. The topological polar surface area (TPSA) is 114 Å². The Balaban J connectivity index is 1.49. The third kappa shape index (κ3) is 2.92. The van der Waals surface area contributed by atoms with E-state index in [1.165, 1.54) is 35.0 Å². The number of hydrogen-bond acceptors (Lipinski definition) is 7. The van der Waals surface area contributed by atoms with E-state index in [0.29, 0.717) is 22.4 Å². The van der Waals surface area contributed by atoms with Gasteiger partial charge in [0.2, 0.25) is 0 Å². The van der Waals surface area contributed by atoms with Crippen LogP contribution < -0.4 is 4.84 Å². The Morgan fingerprint density at radius 3 is 2.69 bits per heavy atom. The van der Waals surface area contributed by atoms with E-state index in [1.807, 2.05) is 0 Å². The van der Waals surface area contributed by atoms with Gasteiger partial charge in [-0.25, -0.2) is 9.07 Å². The van der Waals surface area contributed by atoms with Crippen LogP contribution in [0.25, 0.3) is 16.7 Å². The van der Waals surface area contributed by atoms with Gasteiger partial charge in [0, 0.05) is 18.2 Å². The van der Waals surface area contributed by atoms with Gasteiger partial charge in [-0.3, -0.25) is 10.1 Å². The number of non-ortho nitro benzene ring substituents is 1. The van der Waals surface area contributed by atoms with Crippen LogP contribution in [0.5, 0.6) is 0 Å². The number of nitro benzene ring substituents is 1. The molecule has 4 aromatic rings. The summed E-state index contributed by atoms with van der Waals surface area (Å²) in [6, 6.07) is 9.94. The molecule has 10 nitrogen and oxygen atoms in total. The van der Waals surface area contributed by atoms with Crippen molar-refractivity contribution < 1.29 is 14.2 Å². The van der Waals surface area contributed by atoms with Crippen LogP contribution in [0.1, 0.15) is 5.69 Å². The van der Waals surface area contributed by atoms with Gasteiger partial charge in [0.25, 0.3) is 5.69 Å². The maximum Gasteiger partial charge on any atom is 0.269 e. The van der Waals surface area contributed by atoms with Gasteiger partial charge in [-0.2, -0.15) is 0 Å². The third-order valence-electron chi connectivity index (χ3n) is 3.58. The van der Waals surface area contributed by atoms with E-state index >= 15 is 0 Å². The second-order valence-corrected chi connectivity index (χ2v) is 5.30. The summed E-state index contributed by atoms with van der Waals surface area (Å²) in [5, 5.41) is 26.3. The van der Waals surface area contributed by atoms with Gasteiger partial charge in [-0.15, -0.1) is 10.2 Å². The molecule has 2 heterocycles. The quantitative estimate of drug-likeness (QED) is 0.395. The average Bonchev–Trinajstić information content (AvgIpc) is 3.26. The zero-order valence-electron chi connectivity index (χ0n) is 13.1. The largest absolute Gasteiger partial charge is 0.388 e. The molecule has 0 radical (unpaired) electrons. The fraction of sp³-hybridized carbons (Fsp3) is 0.0667. The highest BCUT2D eigenvalue weighted by Gasteiger charge is 2.10. The summed E-state index contributed by atoms with van der Waals surface area (Å²) in [6.07, 6.45) is 1.61. The average molecular weight is 355 g/mol. The summed E-state index contributed by atoms with van der Waals surface area (Å²) in [5.41, 5.74) is 1.99. The van der Waals surface area contributed by atoms with Gasteiger partial charge in [0.15, 0.2) is 6.61 Å². The first kappa shape index (κ1) is 15.6. The minimum Gasteiger partial charge on any atom is -0.388 e. The minimum atomic E-state index is -0.477. The van der Waals surface area contributed by atoms with E-state index < -0.39 is 10.7 Å². The summed E-state index contributed by atoms with van der Waals surface area (Å²) in [7, 11) is 0. The van der Waals surface area contributed by atoms with Crippen molar-refractivity contribution in [2.24, 2.45) is 0 Å². The molecule has 0 aliphatic carbocycles. The monoisotopic (exact) mass is 355 g/mol. The van der Waals surface area contributed by atoms with Crippen LogP contribution in [0.4, 0.5) is 10.1 Å². The van der Waals surface area contributed by atoms with E-state index in [0.717, 1.165) is 4.85 Å². The molecule has 0 aliphatic heterocycles. The number of benzene rings is 2. The second kappa shape index (κ2) is 6.20. The predicted molar refractivity (Wildman–Crippen MR) is 85.8 cm³/mol. The van der Waals surface area contributed by atoms with Gasteiger partial charge >= 0.3 is 0 Å². The third-order valence-corrected chi connectivity index (χ3v) is 3.58. The molecule has 0 aliphatic rings. The van der Waals surface area contributed by atoms with E-state index in [1.54, 1.807) is 18.3 Å². The lowest BCUT2D eigenvalue weighted by atomic mass is 10.3. The molecule has 0 spiro atoms. The Labute approximate surface area is 144 Å². The molecule has 0 atom stereocenters. The van der Waals surface area contributed by atoms with Crippen LogP contribution >= 0.6 is 0 Å². The first-order valence-corrected chi connectivity index (χ1v) is 7.40. The van der Waals surface area contributed by atoms with Crippen LogP contribution in [0.2, 0.25) is 0 Å². The molecule has 26 heavy (non-hydrogen) atoms. The van der Waals surface area contributed by atoms with Crippen molar-refractivity contribution in [1.29, 1.82) is 0 Å². The zero-order chi connectivity index (χ0) is 18.1. The first-order valence-electron chi connectivity index (χ1n) is 7.40. The maximum absolute atomic E-state index is 13.3. The fourth-order valence-corrected chi connectivity index (χ4v) is 2.31. The van der Waals surface area contributed by atoms with Crippen LogP contribution in [-0.2, 0) is 6.61 Å². The lowest BCUT2D eigenvalue weighted by Crippen LogP contribution is -2.13. The number of hydrogen-bond donors (Lipinski definition) is 0. The van der Waals surface area contributed by atoms with Crippen molar-refractivity contribution in [2.75, 3.05) is 0 Å². The van der Waals surface area contributed by atoms with Gasteiger partial charge in [0.05, 0.1) is 16.8 Å². The lowest BCUT2D eigenvalue weighted by Gasteiger charge is -2.02. The van der Waals surface area contributed by atoms with Crippen LogP contribution in [-0.4, -0.2) is 35.1 Å². The Hall–Kier alpha value is -3.89. The highest BCUT2D eigenvalue weighted by molar-refractivity contribution is 5.73. The molecule has 11 heteroatoms. The van der Waals surface area contributed by atoms with E-state index in [9.17, 15) is 14.5 Å². The molecule has 2 aromatic carbocycles. The standard InChI is InChI=1S/C15H10FN7O3/c16-10-1-6-14-15(7-10)22(20-18-14)26-9-11-8-21(19-17-11)12-2-4-13(5-3-12)23(24)25/h1-8H,9H2. The van der Waals surface area contributed by atoms with Crippen LogP contribution in [0.15, 0.2) is 48.7 Å². The van der Waals surface area contributed by atoms with Crippen LogP contribution in [0, 0.1) is 15.9 Å². The van der Waals surface area contributed by atoms with Crippen molar-refractivity contribution in [3.8, 4) is 5.69 Å². The Morgan fingerprint density at radius 1 is 1.12 bits per heavy atom. The Morgan fingerprint density at radius 2 is 1.92 bits per heavy atom. The molecule has 4 rings (SSSR count). The van der Waals surface area contributed by atoms with E-state index in [2.05, 4.69) is 20.6 Å². The smallest absolute Gasteiger partial charge is 0.269 e. The lowest BCUT2D eigenvalue weighted by molar-refractivity contribution is -0.384. The van der Waals surface area contributed by atoms with Gasteiger partial charge in [-0.05, 0) is 29.5 Å². The van der Waals surface area contributed by atoms with Crippen molar-refractivity contribution in [3.05, 3.63) is 70.3 Å². The zero-order valence-corrected chi connectivity index (χ0v) is 13.1. The molecular weight excluding hydrogens is 345 g/mol. The van der Waals surface area contributed by atoms with Crippen molar-refractivity contribution in [1.82, 2.24) is 30.2 Å². The Kier molecular flexibility index (Phi) is 3.73. The number of rotatable bonds is 5. The minimum absolute atomic E-state index is 0.0114. The molecule has 130 valence electrons. The molecule has 2 aromatic heterocycles. The molecule has 0 amide bonds. The maximum atomic E-state index is 13.3. The number of halogens is 1. The van der Waals surface area contributed by atoms with Crippen molar-refractivity contribution in [2.45, 2.75) is 6.61 Å². The fourth-order valence-electron chi connectivity index (χ4n) is 2.31. The molecule has 0 saturated carbocycles. The normalized spacial score (nSPS) is 11.0. The Bertz CT molecular complexity index is 1090. The van der Waals surface area contributed by atoms with Crippen molar-refractivity contribution in [3.63, 3.8) is 0 Å². The summed E-state index contributed by atoms with van der Waals surface area (Å²) < 4.78 is 14.8. The summed E-state index contributed by atoms with van der Waals surface area (Å²) >= 11 is 0. The molecule has 0 N–H and O–H groups in total. The van der Waals surface area contributed by atoms with Gasteiger partial charge < -0.3 is 4.84 Å². The summed E-state index contributed by atoms with van der Waals surface area (Å²) in [6.45, 7) is 0.0297. The number of nitrogens with zero attached hydrogens (tertiary/aromatic N) is 7. The second-order valence-electron chi connectivity index (χ2n) is 5.30. The van der Waals surface area contributed by atoms with E-state index in [-0.39, 0.29) is 12.3 Å². The predicted octanol–water partition coefficient (Wildman–Crippen LogP) is 1.69. The van der Waals surface area contributed by atoms with Crippen molar-refractivity contribution >= 4 is 16.7 Å².